The van der Waals surface area contributed by atoms with Crippen molar-refractivity contribution < 1.29 is 0 Å². The molecule has 2 saturated heterocycles. The third kappa shape index (κ3) is 3.96. The fourth-order valence-corrected chi connectivity index (χ4v) is 3.40. The second-order valence-electron chi connectivity index (χ2n) is 7.06. The van der Waals surface area contributed by atoms with Crippen molar-refractivity contribution in [3.8, 4) is 0 Å². The van der Waals surface area contributed by atoms with Gasteiger partial charge in [0.2, 0.25) is 0 Å². The summed E-state index contributed by atoms with van der Waals surface area (Å²) >= 11 is 0. The normalized spacial score (nSPS) is 31.6. The number of rotatable bonds is 4. The minimum Gasteiger partial charge on any atom is -0.316 e. The van der Waals surface area contributed by atoms with Gasteiger partial charge in [-0.3, -0.25) is 0 Å². The lowest BCUT2D eigenvalue weighted by atomic mass is 9.85. The first-order chi connectivity index (χ1) is 8.07. The van der Waals surface area contributed by atoms with E-state index in [9.17, 15) is 0 Å². The van der Waals surface area contributed by atoms with E-state index >= 15 is 0 Å². The highest BCUT2D eigenvalue weighted by atomic mass is 15.1. The Hall–Kier alpha value is -0.0800. The summed E-state index contributed by atoms with van der Waals surface area (Å²) in [6.07, 6.45) is 5.60. The summed E-state index contributed by atoms with van der Waals surface area (Å²) < 4.78 is 0. The van der Waals surface area contributed by atoms with Gasteiger partial charge in [0.15, 0.2) is 0 Å². The van der Waals surface area contributed by atoms with Crippen molar-refractivity contribution >= 4 is 0 Å². The molecule has 0 amide bonds. The molecule has 2 fully saturated rings. The fourth-order valence-electron chi connectivity index (χ4n) is 3.40. The predicted octanol–water partition coefficient (Wildman–Crippen LogP) is 2.74. The number of hydrogen-bond acceptors (Lipinski definition) is 2. The highest BCUT2D eigenvalue weighted by Crippen LogP contribution is 2.30. The molecule has 17 heavy (non-hydrogen) atoms. The van der Waals surface area contributed by atoms with Gasteiger partial charge in [0.05, 0.1) is 0 Å². The summed E-state index contributed by atoms with van der Waals surface area (Å²) in [6, 6.07) is 0. The average molecular weight is 238 g/mol. The van der Waals surface area contributed by atoms with Crippen molar-refractivity contribution in [1.29, 1.82) is 0 Å². The van der Waals surface area contributed by atoms with Gasteiger partial charge in [-0.1, -0.05) is 20.8 Å². The number of hydrogen-bond donors (Lipinski definition) is 1. The minimum atomic E-state index is 0.565. The van der Waals surface area contributed by atoms with Gasteiger partial charge in [-0.15, -0.1) is 0 Å². The summed E-state index contributed by atoms with van der Waals surface area (Å²) in [5.41, 5.74) is 0.565. The van der Waals surface area contributed by atoms with Crippen LogP contribution in [0.5, 0.6) is 0 Å². The van der Waals surface area contributed by atoms with Gasteiger partial charge in [0.25, 0.3) is 0 Å². The molecule has 0 spiro atoms. The Balaban J connectivity index is 1.67. The van der Waals surface area contributed by atoms with E-state index in [0.717, 1.165) is 11.8 Å². The monoisotopic (exact) mass is 238 g/mol. The first-order valence-corrected chi connectivity index (χ1v) is 7.50. The maximum absolute atomic E-state index is 3.54. The largest absolute Gasteiger partial charge is 0.316 e. The zero-order valence-electron chi connectivity index (χ0n) is 12.0. The van der Waals surface area contributed by atoms with Crippen molar-refractivity contribution in [3.05, 3.63) is 0 Å². The Morgan fingerprint density at radius 3 is 2.82 bits per heavy atom. The van der Waals surface area contributed by atoms with Crippen LogP contribution in [0.1, 0.15) is 46.5 Å². The molecule has 1 N–H and O–H groups in total. The molecule has 2 aliphatic heterocycles. The van der Waals surface area contributed by atoms with E-state index in [1.165, 1.54) is 58.4 Å². The Morgan fingerprint density at radius 2 is 2.24 bits per heavy atom. The highest BCUT2D eigenvalue weighted by Gasteiger charge is 2.29. The SMILES string of the molecule is CC(CCN1CCC(C)(C)C1)C1CCCNC1. The molecule has 2 atom stereocenters. The minimum absolute atomic E-state index is 0.565. The standard InChI is InChI=1S/C15H30N2/c1-13(14-5-4-8-16-11-14)6-9-17-10-7-15(2,3)12-17/h13-14,16H,4-12H2,1-3H3. The molecule has 2 heterocycles. The van der Waals surface area contributed by atoms with Crippen LogP contribution in [0.25, 0.3) is 0 Å². The van der Waals surface area contributed by atoms with E-state index in [1.807, 2.05) is 0 Å². The Kier molecular flexibility index (Phi) is 4.48. The van der Waals surface area contributed by atoms with Gasteiger partial charge < -0.3 is 10.2 Å². The number of nitrogens with zero attached hydrogens (tertiary/aromatic N) is 1. The predicted molar refractivity (Wildman–Crippen MR) is 74.2 cm³/mol. The fraction of sp³-hybridized carbons (Fsp3) is 1.00. The lowest BCUT2D eigenvalue weighted by Crippen LogP contribution is -2.34. The van der Waals surface area contributed by atoms with Gasteiger partial charge in [0.1, 0.15) is 0 Å². The second-order valence-corrected chi connectivity index (χ2v) is 7.06. The van der Waals surface area contributed by atoms with Gasteiger partial charge >= 0.3 is 0 Å². The molecule has 0 aromatic carbocycles. The molecule has 0 radical (unpaired) electrons. The molecule has 2 heteroatoms. The van der Waals surface area contributed by atoms with Gasteiger partial charge in [-0.25, -0.2) is 0 Å². The van der Waals surface area contributed by atoms with Gasteiger partial charge in [-0.05, 0) is 69.1 Å². The summed E-state index contributed by atoms with van der Waals surface area (Å²) in [5.74, 6) is 1.82. The maximum atomic E-state index is 3.54. The van der Waals surface area contributed by atoms with Crippen LogP contribution in [0, 0.1) is 17.3 Å². The molecule has 0 bridgehead atoms. The molecule has 2 aliphatic rings. The third-order valence-electron chi connectivity index (χ3n) is 4.80. The first-order valence-electron chi connectivity index (χ1n) is 7.50. The van der Waals surface area contributed by atoms with Crippen molar-refractivity contribution in [2.24, 2.45) is 17.3 Å². The average Bonchev–Trinajstić information content (AvgIpc) is 2.67. The Bertz CT molecular complexity index is 231. The molecule has 2 unspecified atom stereocenters. The lowest BCUT2D eigenvalue weighted by Gasteiger charge is -2.29. The topological polar surface area (TPSA) is 15.3 Å². The Labute approximate surface area is 107 Å². The molecule has 0 aromatic rings. The van der Waals surface area contributed by atoms with Crippen LogP contribution in [-0.4, -0.2) is 37.6 Å². The molecular formula is C15H30N2. The first kappa shape index (κ1) is 13.4. The van der Waals surface area contributed by atoms with E-state index in [4.69, 9.17) is 0 Å². The van der Waals surface area contributed by atoms with Crippen molar-refractivity contribution in [2.45, 2.75) is 46.5 Å². The molecule has 0 aromatic heterocycles. The van der Waals surface area contributed by atoms with E-state index < -0.39 is 0 Å². The van der Waals surface area contributed by atoms with Crippen LogP contribution < -0.4 is 5.32 Å². The summed E-state index contributed by atoms with van der Waals surface area (Å²) in [5, 5.41) is 3.54. The third-order valence-corrected chi connectivity index (χ3v) is 4.80. The van der Waals surface area contributed by atoms with Gasteiger partial charge in [-0.2, -0.15) is 0 Å². The number of piperidine rings is 1. The van der Waals surface area contributed by atoms with Crippen LogP contribution >= 0.6 is 0 Å². The molecule has 100 valence electrons. The van der Waals surface area contributed by atoms with Crippen LogP contribution in [0.2, 0.25) is 0 Å². The molecule has 2 rings (SSSR count). The zero-order chi connectivity index (χ0) is 12.3. The van der Waals surface area contributed by atoms with Crippen molar-refractivity contribution in [1.82, 2.24) is 10.2 Å². The van der Waals surface area contributed by atoms with E-state index in [-0.39, 0.29) is 0 Å². The van der Waals surface area contributed by atoms with Crippen molar-refractivity contribution in [3.63, 3.8) is 0 Å². The zero-order valence-corrected chi connectivity index (χ0v) is 12.0. The second kappa shape index (κ2) is 5.71. The quantitative estimate of drug-likeness (QED) is 0.810. The summed E-state index contributed by atoms with van der Waals surface area (Å²) in [4.78, 5) is 2.67. The van der Waals surface area contributed by atoms with Crippen LogP contribution in [-0.2, 0) is 0 Å². The van der Waals surface area contributed by atoms with Crippen molar-refractivity contribution in [2.75, 3.05) is 32.7 Å². The summed E-state index contributed by atoms with van der Waals surface area (Å²) in [6.45, 7) is 13.7. The number of nitrogens with one attached hydrogen (secondary N) is 1. The molecular weight excluding hydrogens is 208 g/mol. The highest BCUT2D eigenvalue weighted by molar-refractivity contribution is 4.83. The molecule has 0 saturated carbocycles. The van der Waals surface area contributed by atoms with Crippen LogP contribution in [0.4, 0.5) is 0 Å². The lowest BCUT2D eigenvalue weighted by molar-refractivity contribution is 0.222. The smallest absolute Gasteiger partial charge is 0.00332 e. The number of likely N-dealkylation sites (tertiary alicyclic amines) is 1. The van der Waals surface area contributed by atoms with Gasteiger partial charge in [0, 0.05) is 6.54 Å². The Morgan fingerprint density at radius 1 is 1.41 bits per heavy atom. The van der Waals surface area contributed by atoms with E-state index in [1.54, 1.807) is 0 Å². The van der Waals surface area contributed by atoms with E-state index in [0.29, 0.717) is 5.41 Å². The molecule has 2 nitrogen and oxygen atoms in total. The van der Waals surface area contributed by atoms with E-state index in [2.05, 4.69) is 31.0 Å². The molecule has 0 aliphatic carbocycles. The van der Waals surface area contributed by atoms with Crippen LogP contribution in [0.3, 0.4) is 0 Å². The summed E-state index contributed by atoms with van der Waals surface area (Å²) in [7, 11) is 0. The maximum Gasteiger partial charge on any atom is 0.00332 e. The van der Waals surface area contributed by atoms with Crippen LogP contribution in [0.15, 0.2) is 0 Å².